The molecule has 0 bridgehead atoms. The minimum absolute atomic E-state index is 0.0203. The fraction of sp³-hybridized carbons (Fsp3) is 0.125. The fourth-order valence-corrected chi connectivity index (χ4v) is 3.75. The van der Waals surface area contributed by atoms with Gasteiger partial charge in [-0.3, -0.25) is 9.59 Å². The van der Waals surface area contributed by atoms with E-state index in [-0.39, 0.29) is 11.7 Å². The van der Waals surface area contributed by atoms with Crippen molar-refractivity contribution in [2.45, 2.75) is 5.54 Å². The molecule has 3 rings (SSSR count). The first-order valence-electron chi connectivity index (χ1n) is 6.22. The largest absolute Gasteiger partial charge is 0.324 e. The third-order valence-electron chi connectivity index (χ3n) is 3.73. The van der Waals surface area contributed by atoms with E-state index in [4.69, 9.17) is 0 Å². The summed E-state index contributed by atoms with van der Waals surface area (Å²) in [5.41, 5.74) is 1.28. The van der Waals surface area contributed by atoms with Gasteiger partial charge >= 0.3 is 0 Å². The molecule has 0 fully saturated rings. The Morgan fingerprint density at radius 1 is 1.15 bits per heavy atom. The van der Waals surface area contributed by atoms with E-state index in [0.717, 1.165) is 11.1 Å². The van der Waals surface area contributed by atoms with Crippen LogP contribution in [0.1, 0.15) is 5.56 Å². The van der Waals surface area contributed by atoms with Gasteiger partial charge in [0, 0.05) is 12.6 Å². The Kier molecular flexibility index (Phi) is 3.12. The predicted molar refractivity (Wildman–Crippen MR) is 86.2 cm³/mol. The number of amides is 1. The van der Waals surface area contributed by atoms with E-state index in [0.29, 0.717) is 3.58 Å². The van der Waals surface area contributed by atoms with Gasteiger partial charge in [0.2, 0.25) is 0 Å². The molecular weight excluding hydrogens is 367 g/mol. The van der Waals surface area contributed by atoms with Gasteiger partial charge in [-0.1, -0.05) is 30.3 Å². The number of carbonyl (C=O) groups excluding carboxylic acids is 2. The molecular formula is C16H12INO2. The Hall–Kier alpha value is -1.69. The number of hydrogen-bond donors (Lipinski definition) is 0. The van der Waals surface area contributed by atoms with E-state index in [1.807, 2.05) is 30.3 Å². The molecule has 0 unspecified atom stereocenters. The van der Waals surface area contributed by atoms with Crippen LogP contribution in [0.15, 0.2) is 58.2 Å². The molecule has 0 N–H and O–H groups in total. The summed E-state index contributed by atoms with van der Waals surface area (Å²) in [6.07, 6.45) is 6.67. The number of ketones is 1. The molecule has 1 aliphatic heterocycles. The number of allylic oxidation sites excluding steroid dienone is 2. The number of halogens is 1. The summed E-state index contributed by atoms with van der Waals surface area (Å²) < 4.78 is 0.694. The number of benzene rings is 1. The number of rotatable bonds is 1. The SMILES string of the molecule is CN1C(=[16O])C(I)=C(c2ccccc2)C12C=CC(=[18O])C=C2. The van der Waals surface area contributed by atoms with Crippen LogP contribution >= 0.6 is 22.6 Å². The third-order valence-corrected chi connectivity index (χ3v) is 4.73. The minimum Gasteiger partial charge on any atom is -0.324 e. The van der Waals surface area contributed by atoms with E-state index in [9.17, 15) is 9.59 Å². The van der Waals surface area contributed by atoms with E-state index in [1.165, 1.54) is 12.2 Å². The molecule has 0 atom stereocenters. The van der Waals surface area contributed by atoms with Gasteiger partial charge in [0.1, 0.15) is 5.54 Å². The third kappa shape index (κ3) is 1.78. The lowest BCUT2D eigenvalue weighted by Gasteiger charge is -2.34. The van der Waals surface area contributed by atoms with Crippen molar-refractivity contribution >= 4 is 39.9 Å². The van der Waals surface area contributed by atoms with Gasteiger partial charge in [0.15, 0.2) is 5.78 Å². The summed E-state index contributed by atoms with van der Waals surface area (Å²) in [6.45, 7) is 0. The van der Waals surface area contributed by atoms with Gasteiger partial charge < -0.3 is 4.90 Å². The van der Waals surface area contributed by atoms with Crippen molar-refractivity contribution in [1.29, 1.82) is 0 Å². The second-order valence-electron chi connectivity index (χ2n) is 4.81. The number of hydrogen-bond acceptors (Lipinski definition) is 2. The van der Waals surface area contributed by atoms with Crippen LogP contribution in [-0.4, -0.2) is 29.2 Å². The van der Waals surface area contributed by atoms with Gasteiger partial charge in [-0.05, 0) is 52.5 Å². The summed E-state index contributed by atoms with van der Waals surface area (Å²) in [5.74, 6) is -0.0705. The molecule has 1 aliphatic carbocycles. The lowest BCUT2D eigenvalue weighted by atomic mass is 9.83. The van der Waals surface area contributed by atoms with Crippen molar-refractivity contribution in [1.82, 2.24) is 4.90 Å². The van der Waals surface area contributed by atoms with Crippen molar-refractivity contribution in [2.24, 2.45) is 0 Å². The predicted octanol–water partition coefficient (Wildman–Crippen LogP) is 2.74. The molecule has 1 aromatic rings. The number of likely N-dealkylation sites (N-methyl/N-ethyl adjacent to an activating group) is 1. The van der Waals surface area contributed by atoms with Gasteiger partial charge in [-0.15, -0.1) is 0 Å². The van der Waals surface area contributed by atoms with Gasteiger partial charge in [0.25, 0.3) is 5.91 Å². The van der Waals surface area contributed by atoms with Crippen LogP contribution in [0.5, 0.6) is 0 Å². The molecule has 1 aromatic carbocycles. The zero-order valence-corrected chi connectivity index (χ0v) is 13.0. The van der Waals surface area contributed by atoms with Gasteiger partial charge in [-0.2, -0.15) is 0 Å². The maximum absolute atomic E-state index is 12.4. The molecule has 100 valence electrons. The van der Waals surface area contributed by atoms with Crippen LogP contribution in [0.3, 0.4) is 0 Å². The maximum atomic E-state index is 12.4. The van der Waals surface area contributed by atoms with E-state index in [1.54, 1.807) is 24.1 Å². The van der Waals surface area contributed by atoms with E-state index < -0.39 is 5.54 Å². The molecule has 4 heteroatoms. The Bertz CT molecular complexity index is 670. The summed E-state index contributed by atoms with van der Waals surface area (Å²) in [4.78, 5) is 25.4. The van der Waals surface area contributed by atoms with Crippen LogP contribution < -0.4 is 0 Å². The topological polar surface area (TPSA) is 37.4 Å². The average molecular weight is 379 g/mol. The molecule has 1 amide bonds. The highest BCUT2D eigenvalue weighted by Crippen LogP contribution is 2.46. The highest BCUT2D eigenvalue weighted by molar-refractivity contribution is 14.1. The monoisotopic (exact) mass is 379 g/mol. The molecule has 0 radical (unpaired) electrons. The lowest BCUT2D eigenvalue weighted by Crippen LogP contribution is -2.43. The normalized spacial score (nSPS) is 20.4. The van der Waals surface area contributed by atoms with E-state index in [2.05, 4.69) is 22.6 Å². The highest BCUT2D eigenvalue weighted by atomic mass is 127. The summed E-state index contributed by atoms with van der Waals surface area (Å²) in [6, 6.07) is 9.81. The maximum Gasteiger partial charge on any atom is 0.261 e. The fourth-order valence-electron chi connectivity index (χ4n) is 2.65. The second-order valence-corrected chi connectivity index (χ2v) is 5.89. The molecule has 1 spiro atoms. The Balaban J connectivity index is 2.23. The first kappa shape index (κ1) is 13.3. The summed E-state index contributed by atoms with van der Waals surface area (Å²) >= 11 is 2.09. The quantitative estimate of drug-likeness (QED) is 0.556. The van der Waals surface area contributed by atoms with Crippen molar-refractivity contribution in [3.05, 3.63) is 63.8 Å². The minimum atomic E-state index is -0.650. The Labute approximate surface area is 130 Å². The van der Waals surface area contributed by atoms with Crippen molar-refractivity contribution < 1.29 is 9.59 Å². The Morgan fingerprint density at radius 2 is 1.75 bits per heavy atom. The number of nitrogens with zero attached hydrogens (tertiary/aromatic N) is 1. The van der Waals surface area contributed by atoms with Crippen LogP contribution in [0, 0.1) is 0 Å². The van der Waals surface area contributed by atoms with Crippen molar-refractivity contribution in [3.8, 4) is 0 Å². The molecule has 1 heterocycles. The first-order chi connectivity index (χ1) is 9.56. The molecule has 2 aliphatic rings. The standard InChI is InChI=1S/C16H12INO2/c1-18-15(20)14(17)13(11-5-3-2-4-6-11)16(18)9-7-12(19)8-10-16/h2-10H,1H3/i19+2,20+0. The van der Waals surface area contributed by atoms with Crippen LogP contribution in [0.25, 0.3) is 5.57 Å². The van der Waals surface area contributed by atoms with Crippen LogP contribution in [0.4, 0.5) is 0 Å². The first-order valence-corrected chi connectivity index (χ1v) is 7.30. The average Bonchev–Trinajstić information content (AvgIpc) is 2.65. The van der Waals surface area contributed by atoms with Gasteiger partial charge in [-0.25, -0.2) is 0 Å². The van der Waals surface area contributed by atoms with Crippen molar-refractivity contribution in [3.63, 3.8) is 0 Å². The smallest absolute Gasteiger partial charge is 0.261 e. The number of carbonyl (C=O) groups is 2. The van der Waals surface area contributed by atoms with Crippen LogP contribution in [0.2, 0.25) is 0 Å². The molecule has 0 aromatic heterocycles. The Morgan fingerprint density at radius 3 is 2.35 bits per heavy atom. The van der Waals surface area contributed by atoms with Crippen molar-refractivity contribution in [2.75, 3.05) is 7.05 Å². The molecule has 20 heavy (non-hydrogen) atoms. The van der Waals surface area contributed by atoms with Gasteiger partial charge in [0.05, 0.1) is 3.58 Å². The van der Waals surface area contributed by atoms with Crippen LogP contribution in [-0.2, 0) is 9.59 Å². The highest BCUT2D eigenvalue weighted by Gasteiger charge is 2.47. The molecule has 0 saturated carbocycles. The molecule has 3 nitrogen and oxygen atoms in total. The second kappa shape index (κ2) is 4.70. The van der Waals surface area contributed by atoms with E-state index >= 15 is 0 Å². The zero-order chi connectivity index (χ0) is 14.3. The lowest BCUT2D eigenvalue weighted by molar-refractivity contribution is -0.125. The summed E-state index contributed by atoms with van der Waals surface area (Å²) in [5, 5.41) is 0. The summed E-state index contributed by atoms with van der Waals surface area (Å²) in [7, 11) is 1.77. The molecule has 0 saturated heterocycles. The zero-order valence-electron chi connectivity index (χ0n) is 10.8.